The number of aliphatic hydroxyl groups excluding tert-OH is 1. The molecule has 1 amide bonds. The van der Waals surface area contributed by atoms with Gasteiger partial charge in [-0.25, -0.2) is 0 Å². The Balaban J connectivity index is 1.91. The largest absolute Gasteiger partial charge is 0.481 e. The maximum absolute atomic E-state index is 11.9. The van der Waals surface area contributed by atoms with Crippen LogP contribution in [0, 0.1) is 0 Å². The fourth-order valence-corrected chi connectivity index (χ4v) is 2.08. The minimum absolute atomic E-state index is 0.0711. The Bertz CT molecular complexity index is 435. The second kappa shape index (κ2) is 5.61. The summed E-state index contributed by atoms with van der Waals surface area (Å²) >= 11 is 0. The van der Waals surface area contributed by atoms with E-state index in [1.54, 1.807) is 11.8 Å². The van der Waals surface area contributed by atoms with Crippen molar-refractivity contribution < 1.29 is 14.6 Å². The molecule has 0 spiro atoms. The number of rotatable bonds is 4. The molecule has 4 heteroatoms. The predicted molar refractivity (Wildman–Crippen MR) is 73.2 cm³/mol. The molecule has 1 saturated heterocycles. The summed E-state index contributed by atoms with van der Waals surface area (Å²) in [6.45, 7) is 6.84. The second-order valence-electron chi connectivity index (χ2n) is 5.38. The Morgan fingerprint density at radius 2 is 1.84 bits per heavy atom. The number of amides is 1. The number of hydrogen-bond donors (Lipinski definition) is 1. The molecule has 1 aromatic rings. The number of ether oxygens (including phenoxy) is 1. The Kier molecular flexibility index (Phi) is 4.10. The summed E-state index contributed by atoms with van der Waals surface area (Å²) in [5, 5.41) is 9.19. The molecule has 1 aliphatic heterocycles. The van der Waals surface area contributed by atoms with Gasteiger partial charge >= 0.3 is 0 Å². The molecule has 4 nitrogen and oxygen atoms in total. The molecule has 0 aliphatic carbocycles. The van der Waals surface area contributed by atoms with Gasteiger partial charge in [0.15, 0.2) is 6.10 Å². The first-order valence-corrected chi connectivity index (χ1v) is 6.71. The Labute approximate surface area is 114 Å². The first-order valence-electron chi connectivity index (χ1n) is 6.71. The highest BCUT2D eigenvalue weighted by Crippen LogP contribution is 2.20. The van der Waals surface area contributed by atoms with E-state index in [-0.39, 0.29) is 12.0 Å². The third-order valence-corrected chi connectivity index (χ3v) is 3.38. The van der Waals surface area contributed by atoms with Gasteiger partial charge in [0.25, 0.3) is 5.91 Å². The number of benzene rings is 1. The highest BCUT2D eigenvalue weighted by atomic mass is 16.5. The lowest BCUT2D eigenvalue weighted by Crippen LogP contribution is -2.56. The zero-order valence-corrected chi connectivity index (χ0v) is 11.7. The average Bonchev–Trinajstić information content (AvgIpc) is 2.34. The van der Waals surface area contributed by atoms with E-state index in [9.17, 15) is 9.90 Å². The highest BCUT2D eigenvalue weighted by Gasteiger charge is 2.32. The van der Waals surface area contributed by atoms with Gasteiger partial charge in [-0.3, -0.25) is 4.79 Å². The van der Waals surface area contributed by atoms with Crippen molar-refractivity contribution in [2.45, 2.75) is 38.9 Å². The van der Waals surface area contributed by atoms with Gasteiger partial charge < -0.3 is 14.7 Å². The first-order chi connectivity index (χ1) is 8.97. The summed E-state index contributed by atoms with van der Waals surface area (Å²) in [4.78, 5) is 13.5. The lowest BCUT2D eigenvalue weighted by atomic mass is 10.0. The number of nitrogens with zero attached hydrogens (tertiary/aromatic N) is 1. The van der Waals surface area contributed by atoms with E-state index in [4.69, 9.17) is 4.74 Å². The number of carbonyl (C=O) groups is 1. The van der Waals surface area contributed by atoms with Gasteiger partial charge in [0, 0.05) is 13.1 Å². The molecule has 0 bridgehead atoms. The SMILES string of the molecule is CC(Oc1ccc(C(C)C)cc1)C(=O)N1CC(O)C1. The number of hydrogen-bond acceptors (Lipinski definition) is 3. The van der Waals surface area contributed by atoms with Crippen LogP contribution >= 0.6 is 0 Å². The van der Waals surface area contributed by atoms with Crippen LogP contribution in [0.4, 0.5) is 0 Å². The standard InChI is InChI=1S/C15H21NO3/c1-10(2)12-4-6-14(7-5-12)19-11(3)15(18)16-8-13(17)9-16/h4-7,10-11,13,17H,8-9H2,1-3H3. The number of likely N-dealkylation sites (tertiary alicyclic amines) is 1. The van der Waals surface area contributed by atoms with E-state index in [1.165, 1.54) is 5.56 Å². The molecular formula is C15H21NO3. The van der Waals surface area contributed by atoms with Crippen molar-refractivity contribution in [3.05, 3.63) is 29.8 Å². The molecule has 0 aromatic heterocycles. The smallest absolute Gasteiger partial charge is 0.263 e. The Morgan fingerprint density at radius 1 is 1.26 bits per heavy atom. The molecule has 2 rings (SSSR count). The minimum atomic E-state index is -0.516. The van der Waals surface area contributed by atoms with Crippen LogP contribution in [0.1, 0.15) is 32.3 Å². The summed E-state index contributed by atoms with van der Waals surface area (Å²) in [6, 6.07) is 7.82. The fourth-order valence-electron chi connectivity index (χ4n) is 2.08. The van der Waals surface area contributed by atoms with Crippen molar-refractivity contribution in [1.82, 2.24) is 4.90 Å². The van der Waals surface area contributed by atoms with Crippen LogP contribution in [0.2, 0.25) is 0 Å². The van der Waals surface area contributed by atoms with E-state index in [1.807, 2.05) is 24.3 Å². The van der Waals surface area contributed by atoms with Gasteiger partial charge in [0.2, 0.25) is 0 Å². The molecule has 1 aromatic carbocycles. The third kappa shape index (κ3) is 3.26. The van der Waals surface area contributed by atoms with E-state index in [0.29, 0.717) is 24.8 Å². The van der Waals surface area contributed by atoms with Crippen molar-refractivity contribution in [2.75, 3.05) is 13.1 Å². The van der Waals surface area contributed by atoms with Crippen LogP contribution in [0.3, 0.4) is 0 Å². The maximum Gasteiger partial charge on any atom is 0.263 e. The molecule has 1 heterocycles. The number of aliphatic hydroxyl groups is 1. The van der Waals surface area contributed by atoms with Crippen molar-refractivity contribution >= 4 is 5.91 Å². The van der Waals surface area contributed by atoms with Crippen molar-refractivity contribution in [2.24, 2.45) is 0 Å². The summed E-state index contributed by atoms with van der Waals surface area (Å²) in [6.07, 6.45) is -0.890. The molecule has 1 unspecified atom stereocenters. The third-order valence-electron chi connectivity index (χ3n) is 3.38. The zero-order valence-electron chi connectivity index (χ0n) is 11.7. The van der Waals surface area contributed by atoms with E-state index < -0.39 is 6.10 Å². The molecule has 19 heavy (non-hydrogen) atoms. The topological polar surface area (TPSA) is 49.8 Å². The summed E-state index contributed by atoms with van der Waals surface area (Å²) < 4.78 is 5.63. The zero-order chi connectivity index (χ0) is 14.0. The summed E-state index contributed by atoms with van der Waals surface area (Å²) in [7, 11) is 0. The van der Waals surface area contributed by atoms with Crippen LogP contribution in [-0.4, -0.2) is 41.2 Å². The first kappa shape index (κ1) is 13.9. The van der Waals surface area contributed by atoms with E-state index in [0.717, 1.165) is 0 Å². The lowest BCUT2D eigenvalue weighted by Gasteiger charge is -2.37. The van der Waals surface area contributed by atoms with E-state index >= 15 is 0 Å². The monoisotopic (exact) mass is 263 g/mol. The van der Waals surface area contributed by atoms with Gasteiger partial charge in [-0.15, -0.1) is 0 Å². The predicted octanol–water partition coefficient (Wildman–Crippen LogP) is 1.78. The minimum Gasteiger partial charge on any atom is -0.481 e. The molecular weight excluding hydrogens is 242 g/mol. The van der Waals surface area contributed by atoms with Crippen LogP contribution in [0.5, 0.6) is 5.75 Å². The van der Waals surface area contributed by atoms with Gasteiger partial charge in [-0.1, -0.05) is 26.0 Å². The van der Waals surface area contributed by atoms with Gasteiger partial charge in [-0.2, -0.15) is 0 Å². The number of carbonyl (C=O) groups excluding carboxylic acids is 1. The van der Waals surface area contributed by atoms with Gasteiger partial charge in [-0.05, 0) is 30.5 Å². The molecule has 0 radical (unpaired) electrons. The molecule has 1 aliphatic rings. The van der Waals surface area contributed by atoms with Crippen LogP contribution in [0.15, 0.2) is 24.3 Å². The van der Waals surface area contributed by atoms with Gasteiger partial charge in [0.1, 0.15) is 5.75 Å². The molecule has 104 valence electrons. The van der Waals surface area contributed by atoms with Crippen molar-refractivity contribution in [1.29, 1.82) is 0 Å². The second-order valence-corrected chi connectivity index (χ2v) is 5.38. The summed E-state index contributed by atoms with van der Waals surface area (Å²) in [5.74, 6) is 1.11. The number of β-amino-alcohol motifs (C(OH)–C–C–N with tert-alkyl or cyclic N) is 1. The van der Waals surface area contributed by atoms with Crippen molar-refractivity contribution in [3.8, 4) is 5.75 Å². The molecule has 1 atom stereocenters. The quantitative estimate of drug-likeness (QED) is 0.901. The molecule has 1 fully saturated rings. The molecule has 1 N–H and O–H groups in total. The highest BCUT2D eigenvalue weighted by molar-refractivity contribution is 5.81. The van der Waals surface area contributed by atoms with E-state index in [2.05, 4.69) is 13.8 Å². The average molecular weight is 263 g/mol. The lowest BCUT2D eigenvalue weighted by molar-refractivity contribution is -0.148. The van der Waals surface area contributed by atoms with Gasteiger partial charge in [0.05, 0.1) is 6.10 Å². The fraction of sp³-hybridized carbons (Fsp3) is 0.533. The molecule has 0 saturated carbocycles. The van der Waals surface area contributed by atoms with Crippen molar-refractivity contribution in [3.63, 3.8) is 0 Å². The summed E-state index contributed by atoms with van der Waals surface area (Å²) in [5.41, 5.74) is 1.25. The maximum atomic E-state index is 11.9. The van der Waals surface area contributed by atoms with Crippen LogP contribution in [0.25, 0.3) is 0 Å². The normalized spacial score (nSPS) is 17.2. The Morgan fingerprint density at radius 3 is 2.32 bits per heavy atom. The van der Waals surface area contributed by atoms with Crippen LogP contribution in [-0.2, 0) is 4.79 Å². The van der Waals surface area contributed by atoms with Crippen LogP contribution < -0.4 is 4.74 Å². The Hall–Kier alpha value is -1.55.